The lowest BCUT2D eigenvalue weighted by Gasteiger charge is -2.59. The number of rotatable bonds is 10. The van der Waals surface area contributed by atoms with Crippen LogP contribution in [0.2, 0.25) is 0 Å². The van der Waals surface area contributed by atoms with Crippen molar-refractivity contribution in [2.75, 3.05) is 19.8 Å². The van der Waals surface area contributed by atoms with Crippen LogP contribution in [0.4, 0.5) is 0 Å². The molecular weight excluding hydrogens is 524 g/mol. The Morgan fingerprint density at radius 3 is 2.58 bits per heavy atom. The highest BCUT2D eigenvalue weighted by atomic mass is 16.7. The summed E-state index contributed by atoms with van der Waals surface area (Å²) in [5.74, 6) is -2.09. The molecule has 0 aromatic rings. The molecule has 2 heterocycles. The minimum Gasteiger partial charge on any atom is -0.481 e. The minimum absolute atomic E-state index is 0.0581. The molecule has 0 unspecified atom stereocenters. The molecule has 0 radical (unpaired) electrons. The number of allylic oxidation sites excluding steroid dienone is 1. The Hall–Kier alpha value is -2.31. The van der Waals surface area contributed by atoms with Crippen molar-refractivity contribution in [2.24, 2.45) is 22.7 Å². The van der Waals surface area contributed by atoms with E-state index in [0.29, 0.717) is 13.0 Å². The summed E-state index contributed by atoms with van der Waals surface area (Å²) in [7, 11) is 0. The first-order chi connectivity index (χ1) is 18.9. The van der Waals surface area contributed by atoms with E-state index in [9.17, 15) is 29.7 Å². The predicted octanol–water partition coefficient (Wildman–Crippen LogP) is 1.87. The molecule has 0 amide bonds. The van der Waals surface area contributed by atoms with Gasteiger partial charge in [-0.15, -0.1) is 0 Å². The maximum atomic E-state index is 12.0. The van der Waals surface area contributed by atoms with Crippen molar-refractivity contribution >= 4 is 17.9 Å². The molecule has 4 N–H and O–H groups in total. The van der Waals surface area contributed by atoms with Gasteiger partial charge in [-0.25, -0.2) is 4.79 Å². The Kier molecular flexibility index (Phi) is 9.41. The van der Waals surface area contributed by atoms with Crippen LogP contribution >= 0.6 is 0 Å². The fourth-order valence-electron chi connectivity index (χ4n) is 7.50. The third-order valence-corrected chi connectivity index (χ3v) is 9.60. The van der Waals surface area contributed by atoms with Gasteiger partial charge in [-0.1, -0.05) is 32.4 Å². The predicted molar refractivity (Wildman–Crippen MR) is 140 cm³/mol. The number of carbonyl (C=O) groups is 3. The number of hydrogen-bond donors (Lipinski definition) is 4. The molecule has 9 atom stereocenters. The molecular formula is C29H42O11. The van der Waals surface area contributed by atoms with Crippen molar-refractivity contribution in [3.05, 3.63) is 23.8 Å². The van der Waals surface area contributed by atoms with E-state index in [4.69, 9.17) is 24.1 Å². The molecule has 3 fully saturated rings. The summed E-state index contributed by atoms with van der Waals surface area (Å²) in [6.45, 7) is 8.95. The number of ether oxygens (including phenoxy) is 4. The van der Waals surface area contributed by atoms with Crippen molar-refractivity contribution in [3.63, 3.8) is 0 Å². The lowest BCUT2D eigenvalue weighted by Crippen LogP contribution is -2.60. The van der Waals surface area contributed by atoms with Crippen molar-refractivity contribution in [3.8, 4) is 0 Å². The summed E-state index contributed by atoms with van der Waals surface area (Å²) in [5, 5.41) is 40.1. The molecule has 0 bridgehead atoms. The Bertz CT molecular complexity index is 1020. The van der Waals surface area contributed by atoms with Gasteiger partial charge in [0.2, 0.25) is 0 Å². The third kappa shape index (κ3) is 6.28. The number of aliphatic hydroxyl groups is 3. The SMILES string of the molecule is C=C1CC[C@@H]2[C@@](C)(CO[C@H]3O[C@@H](COC(=O)CC(=O)O)[C@@H](O)[C@@H](O)[C@H]3O)CCC[C@]2(C)[C@H]1CCC1=CCOC1=O. The zero-order valence-electron chi connectivity index (χ0n) is 23.3. The van der Waals surface area contributed by atoms with Crippen LogP contribution in [0.5, 0.6) is 0 Å². The Balaban J connectivity index is 1.42. The van der Waals surface area contributed by atoms with Gasteiger partial charge in [0.1, 0.15) is 44.1 Å². The maximum absolute atomic E-state index is 12.0. The summed E-state index contributed by atoms with van der Waals surface area (Å²) in [4.78, 5) is 34.3. The second-order valence-corrected chi connectivity index (χ2v) is 12.3. The van der Waals surface area contributed by atoms with Crippen LogP contribution in [0.15, 0.2) is 23.8 Å². The van der Waals surface area contributed by atoms with E-state index in [0.717, 1.165) is 44.1 Å². The molecule has 0 aromatic heterocycles. The van der Waals surface area contributed by atoms with Crippen molar-refractivity contribution in [2.45, 2.75) is 95.9 Å². The summed E-state index contributed by atoms with van der Waals surface area (Å²) < 4.78 is 21.8. The monoisotopic (exact) mass is 566 g/mol. The minimum atomic E-state index is -1.61. The zero-order chi connectivity index (χ0) is 29.2. The van der Waals surface area contributed by atoms with Crippen LogP contribution in [0.25, 0.3) is 0 Å². The largest absolute Gasteiger partial charge is 0.481 e. The van der Waals surface area contributed by atoms with E-state index < -0.39 is 55.7 Å². The highest BCUT2D eigenvalue weighted by Crippen LogP contribution is 2.62. The van der Waals surface area contributed by atoms with E-state index in [-0.39, 0.29) is 35.2 Å². The molecule has 2 saturated carbocycles. The quantitative estimate of drug-likeness (QED) is 0.173. The van der Waals surface area contributed by atoms with Crippen molar-refractivity contribution in [1.29, 1.82) is 0 Å². The molecule has 2 aliphatic heterocycles. The van der Waals surface area contributed by atoms with E-state index in [1.54, 1.807) is 0 Å². The van der Waals surface area contributed by atoms with Gasteiger partial charge >= 0.3 is 17.9 Å². The summed E-state index contributed by atoms with van der Waals surface area (Å²) in [6, 6.07) is 0. The molecule has 2 aliphatic carbocycles. The second kappa shape index (κ2) is 12.3. The zero-order valence-corrected chi connectivity index (χ0v) is 23.3. The summed E-state index contributed by atoms with van der Waals surface area (Å²) >= 11 is 0. The summed E-state index contributed by atoms with van der Waals surface area (Å²) in [5.41, 5.74) is 1.61. The molecule has 11 heteroatoms. The molecule has 4 aliphatic rings. The number of aliphatic carboxylic acids is 1. The van der Waals surface area contributed by atoms with Gasteiger partial charge in [0.25, 0.3) is 0 Å². The smallest absolute Gasteiger partial charge is 0.334 e. The second-order valence-electron chi connectivity index (χ2n) is 12.3. The number of fused-ring (bicyclic) bond motifs is 1. The molecule has 4 rings (SSSR count). The van der Waals surface area contributed by atoms with Crippen LogP contribution in [-0.2, 0) is 33.3 Å². The van der Waals surface area contributed by atoms with Gasteiger partial charge < -0.3 is 39.4 Å². The van der Waals surface area contributed by atoms with Crippen molar-refractivity contribution in [1.82, 2.24) is 0 Å². The molecule has 224 valence electrons. The van der Waals surface area contributed by atoms with Crippen LogP contribution in [-0.4, -0.2) is 88.9 Å². The van der Waals surface area contributed by atoms with Crippen LogP contribution in [0, 0.1) is 22.7 Å². The first-order valence-corrected chi connectivity index (χ1v) is 14.1. The third-order valence-electron chi connectivity index (χ3n) is 9.60. The molecule has 1 saturated heterocycles. The van der Waals surface area contributed by atoms with Crippen molar-refractivity contribution < 1.29 is 53.8 Å². The van der Waals surface area contributed by atoms with Crippen LogP contribution < -0.4 is 0 Å². The van der Waals surface area contributed by atoms with Gasteiger partial charge in [-0.2, -0.15) is 0 Å². The van der Waals surface area contributed by atoms with Gasteiger partial charge in [-0.3, -0.25) is 9.59 Å². The summed E-state index contributed by atoms with van der Waals surface area (Å²) in [6.07, 6.45) is 0.0154. The number of carbonyl (C=O) groups excluding carboxylic acids is 2. The molecule has 0 spiro atoms. The van der Waals surface area contributed by atoms with E-state index in [1.807, 2.05) is 6.08 Å². The lowest BCUT2D eigenvalue weighted by molar-refractivity contribution is -0.310. The Labute approximate surface area is 234 Å². The highest BCUT2D eigenvalue weighted by Gasteiger charge is 2.55. The standard InChI is InChI=1S/C29H42O11/c1-16-5-8-20-28(2,10-4-11-29(20,3)18(16)7-6-17-9-12-37-26(17)36)15-39-27-25(35)24(34)23(33)19(40-27)14-38-22(32)13-21(30)31/h9,18-20,23-25,27,33-35H,1,4-8,10-15H2,2-3H3,(H,30,31)/t18-,19-,20+,23+,24+,25+,27-,28+,29+/m0/s1. The van der Waals surface area contributed by atoms with E-state index in [1.165, 1.54) is 5.57 Å². The van der Waals surface area contributed by atoms with Gasteiger partial charge in [0.15, 0.2) is 6.29 Å². The fourth-order valence-corrected chi connectivity index (χ4v) is 7.50. The number of hydrogen-bond acceptors (Lipinski definition) is 10. The van der Waals surface area contributed by atoms with Gasteiger partial charge in [0.05, 0.1) is 6.61 Å². The van der Waals surface area contributed by atoms with Gasteiger partial charge in [0, 0.05) is 5.57 Å². The maximum Gasteiger partial charge on any atom is 0.334 e. The first-order valence-electron chi connectivity index (χ1n) is 14.1. The Morgan fingerprint density at radius 2 is 1.90 bits per heavy atom. The van der Waals surface area contributed by atoms with Gasteiger partial charge in [-0.05, 0) is 67.3 Å². The number of carboxylic acids is 1. The average molecular weight is 567 g/mol. The number of cyclic esters (lactones) is 1. The van der Waals surface area contributed by atoms with E-state index in [2.05, 4.69) is 20.4 Å². The van der Waals surface area contributed by atoms with Crippen LogP contribution in [0.3, 0.4) is 0 Å². The van der Waals surface area contributed by atoms with E-state index >= 15 is 0 Å². The number of aliphatic hydroxyl groups excluding tert-OH is 3. The van der Waals surface area contributed by atoms with Crippen LogP contribution in [0.1, 0.15) is 65.2 Å². The molecule has 0 aromatic carbocycles. The normalized spacial score (nSPS) is 39.7. The molecule has 40 heavy (non-hydrogen) atoms. The average Bonchev–Trinajstić information content (AvgIpc) is 3.29. The number of esters is 2. The molecule has 11 nitrogen and oxygen atoms in total. The number of carboxylic acid groups (broad SMARTS) is 1. The Morgan fingerprint density at radius 1 is 1.15 bits per heavy atom. The lowest BCUT2D eigenvalue weighted by atomic mass is 9.47. The highest BCUT2D eigenvalue weighted by molar-refractivity contribution is 5.90. The first kappa shape index (κ1) is 30.6. The topological polar surface area (TPSA) is 169 Å². The fraction of sp³-hybridized carbons (Fsp3) is 0.759.